The van der Waals surface area contributed by atoms with E-state index in [-0.39, 0.29) is 23.1 Å². The number of carbonyl (C=O) groups excluding carboxylic acids is 2. The van der Waals surface area contributed by atoms with E-state index >= 15 is 0 Å². The number of nitrogens with one attached hydrogen (secondary N) is 3. The number of amides is 1. The Labute approximate surface area is 341 Å². The summed E-state index contributed by atoms with van der Waals surface area (Å²) < 4.78 is 28.9. The number of rotatable bonds is 16. The molecule has 12 nitrogen and oxygen atoms in total. The molecule has 0 saturated carbocycles. The second-order valence-corrected chi connectivity index (χ2v) is 17.0. The summed E-state index contributed by atoms with van der Waals surface area (Å²) in [6.45, 7) is 2.28. The van der Waals surface area contributed by atoms with Gasteiger partial charge in [-0.2, -0.15) is 0 Å². The molecule has 296 valence electrons. The second kappa shape index (κ2) is 18.8. The van der Waals surface area contributed by atoms with E-state index in [1.807, 2.05) is 84.6 Å². The van der Waals surface area contributed by atoms with Crippen LogP contribution in [0.1, 0.15) is 27.1 Å². The fraction of sp³-hybridized carbons (Fsp3) is 0.238. The van der Waals surface area contributed by atoms with Gasteiger partial charge in [-0.05, 0) is 98.9 Å². The summed E-state index contributed by atoms with van der Waals surface area (Å²) in [6.07, 6.45) is 0.683. The zero-order valence-corrected chi connectivity index (χ0v) is 33.8. The Bertz CT molecular complexity index is 2310. The van der Waals surface area contributed by atoms with Gasteiger partial charge >= 0.3 is 0 Å². The molecular weight excluding hydrogens is 784 g/mol. The summed E-state index contributed by atoms with van der Waals surface area (Å²) in [7, 11) is -0.607. The van der Waals surface area contributed by atoms with Crippen LogP contribution in [0.3, 0.4) is 0 Å². The quantitative estimate of drug-likeness (QED) is 0.0400. The summed E-state index contributed by atoms with van der Waals surface area (Å²) in [6, 6.07) is 33.7. The van der Waals surface area contributed by atoms with Gasteiger partial charge in [0.2, 0.25) is 0 Å². The van der Waals surface area contributed by atoms with Gasteiger partial charge in [0.1, 0.15) is 11.7 Å². The molecule has 6 rings (SSSR count). The maximum absolute atomic E-state index is 14.1. The number of thioether (sulfide) groups is 1. The van der Waals surface area contributed by atoms with Crippen molar-refractivity contribution in [1.82, 2.24) is 14.9 Å². The number of nitro groups is 1. The Morgan fingerprint density at radius 3 is 2.37 bits per heavy atom. The number of nitro benzene ring substituents is 1. The molecule has 0 aromatic heterocycles. The molecule has 1 aliphatic rings. The van der Waals surface area contributed by atoms with Gasteiger partial charge in [0, 0.05) is 64.2 Å². The van der Waals surface area contributed by atoms with Gasteiger partial charge in [0.25, 0.3) is 21.6 Å². The molecular formula is C42H43ClN6O6S2. The first-order chi connectivity index (χ1) is 27.4. The highest BCUT2D eigenvalue weighted by atomic mass is 35.5. The molecule has 1 aliphatic heterocycles. The molecule has 5 aromatic carbocycles. The first-order valence-electron chi connectivity index (χ1n) is 18.3. The SMILES string of the molecule is CN(C)CCC(CSc1ccccc1)Nc1ccc(S(=O)(=O)NC(=O)c2ccc(N3CCNCC3C(=O)c3ccccc3-c3ccc(Cl)cc3)cc2)cc1[N+](=O)[O-]. The number of carbonyl (C=O) groups is 2. The Balaban J connectivity index is 1.15. The first kappa shape index (κ1) is 41.4. The van der Waals surface area contributed by atoms with Crippen molar-refractivity contribution in [1.29, 1.82) is 0 Å². The molecule has 3 N–H and O–H groups in total. The molecule has 0 aliphatic carbocycles. The van der Waals surface area contributed by atoms with Crippen molar-refractivity contribution in [3.63, 3.8) is 0 Å². The van der Waals surface area contributed by atoms with Crippen LogP contribution < -0.4 is 20.3 Å². The van der Waals surface area contributed by atoms with Gasteiger partial charge < -0.3 is 20.4 Å². The third kappa shape index (κ3) is 10.6. The lowest BCUT2D eigenvalue weighted by atomic mass is 9.92. The third-order valence-electron chi connectivity index (χ3n) is 9.54. The molecule has 0 radical (unpaired) electrons. The van der Waals surface area contributed by atoms with E-state index in [1.165, 1.54) is 24.3 Å². The van der Waals surface area contributed by atoms with Gasteiger partial charge in [0.05, 0.1) is 9.82 Å². The average molecular weight is 827 g/mol. The van der Waals surface area contributed by atoms with E-state index in [2.05, 4.69) is 15.4 Å². The minimum absolute atomic E-state index is 0.0563. The monoisotopic (exact) mass is 826 g/mol. The molecule has 15 heteroatoms. The smallest absolute Gasteiger partial charge is 0.293 e. The Morgan fingerprint density at radius 2 is 1.67 bits per heavy atom. The molecule has 1 amide bonds. The van der Waals surface area contributed by atoms with E-state index in [4.69, 9.17) is 11.6 Å². The van der Waals surface area contributed by atoms with Gasteiger partial charge in [-0.3, -0.25) is 19.7 Å². The van der Waals surface area contributed by atoms with Crippen LogP contribution in [0, 0.1) is 10.1 Å². The summed E-state index contributed by atoms with van der Waals surface area (Å²) >= 11 is 7.73. The molecule has 1 fully saturated rings. The van der Waals surface area contributed by atoms with Crippen LogP contribution in [0.25, 0.3) is 11.1 Å². The predicted molar refractivity (Wildman–Crippen MR) is 227 cm³/mol. The highest BCUT2D eigenvalue weighted by Gasteiger charge is 2.31. The van der Waals surface area contributed by atoms with Crippen molar-refractivity contribution >= 4 is 62.1 Å². The van der Waals surface area contributed by atoms with Crippen molar-refractivity contribution in [2.24, 2.45) is 0 Å². The van der Waals surface area contributed by atoms with Crippen LogP contribution in [0.4, 0.5) is 17.1 Å². The predicted octanol–water partition coefficient (Wildman–Crippen LogP) is 7.22. The number of sulfonamides is 1. The third-order valence-corrected chi connectivity index (χ3v) is 12.3. The number of nitrogens with zero attached hydrogens (tertiary/aromatic N) is 3. The molecule has 2 unspecified atom stereocenters. The van der Waals surface area contributed by atoms with E-state index in [0.29, 0.717) is 48.1 Å². The van der Waals surface area contributed by atoms with E-state index in [0.717, 1.165) is 28.6 Å². The largest absolute Gasteiger partial charge is 0.376 e. The van der Waals surface area contributed by atoms with Crippen molar-refractivity contribution in [2.45, 2.75) is 28.3 Å². The first-order valence-corrected chi connectivity index (χ1v) is 21.2. The minimum Gasteiger partial charge on any atom is -0.376 e. The van der Waals surface area contributed by atoms with E-state index in [1.54, 1.807) is 42.1 Å². The van der Waals surface area contributed by atoms with E-state index in [9.17, 15) is 28.1 Å². The Morgan fingerprint density at radius 1 is 0.965 bits per heavy atom. The summed E-state index contributed by atoms with van der Waals surface area (Å²) in [5.41, 5.74) is 2.71. The lowest BCUT2D eigenvalue weighted by Gasteiger charge is -2.37. The highest BCUT2D eigenvalue weighted by Crippen LogP contribution is 2.31. The standard InChI is InChI=1S/C42H43ClN6O6S2/c1-47(2)24-22-32(28-56-34-8-4-3-5-9-34)45-38-21-20-35(26-39(38)49(52)53)57(54,55)46-42(51)30-14-18-33(19-15-30)48-25-23-44-27-40(48)41(50)37-11-7-6-10-36(37)29-12-16-31(43)17-13-29/h3-21,26,32,40,44-45H,22-25,27-28H2,1-2H3,(H,46,51). The molecule has 0 spiro atoms. The van der Waals surface area contributed by atoms with E-state index < -0.39 is 37.5 Å². The summed E-state index contributed by atoms with van der Waals surface area (Å²) in [4.78, 5) is 43.6. The van der Waals surface area contributed by atoms with Gasteiger partial charge in [-0.1, -0.05) is 66.2 Å². The molecule has 57 heavy (non-hydrogen) atoms. The summed E-state index contributed by atoms with van der Waals surface area (Å²) in [5.74, 6) is -0.364. The van der Waals surface area contributed by atoms with Gasteiger partial charge in [0.15, 0.2) is 5.78 Å². The normalized spacial score (nSPS) is 14.9. The van der Waals surface area contributed by atoms with Crippen molar-refractivity contribution in [3.05, 3.63) is 148 Å². The lowest BCUT2D eigenvalue weighted by molar-refractivity contribution is -0.384. The van der Waals surface area contributed by atoms with Crippen molar-refractivity contribution in [3.8, 4) is 11.1 Å². The summed E-state index contributed by atoms with van der Waals surface area (Å²) in [5, 5.41) is 19.4. The number of piperazine rings is 1. The fourth-order valence-electron chi connectivity index (χ4n) is 6.55. The van der Waals surface area contributed by atoms with Crippen LogP contribution in [-0.4, -0.2) is 88.0 Å². The number of ketones is 1. The fourth-order valence-corrected chi connectivity index (χ4v) is 8.66. The number of benzene rings is 5. The molecule has 1 heterocycles. The number of halogens is 1. The second-order valence-electron chi connectivity index (χ2n) is 13.8. The van der Waals surface area contributed by atoms with Crippen molar-refractivity contribution in [2.75, 3.05) is 56.2 Å². The maximum atomic E-state index is 14.1. The molecule has 1 saturated heterocycles. The van der Waals surface area contributed by atoms with Crippen LogP contribution >= 0.6 is 23.4 Å². The number of hydrogen-bond donors (Lipinski definition) is 3. The number of Topliss-reactive ketones (excluding diaryl/α,β-unsaturated/α-hetero) is 1. The zero-order valence-electron chi connectivity index (χ0n) is 31.4. The molecule has 0 bridgehead atoms. The van der Waals surface area contributed by atoms with Crippen LogP contribution in [0.2, 0.25) is 5.02 Å². The van der Waals surface area contributed by atoms with Crippen LogP contribution in [0.5, 0.6) is 0 Å². The maximum Gasteiger partial charge on any atom is 0.293 e. The number of anilines is 2. The van der Waals surface area contributed by atoms with Crippen LogP contribution in [-0.2, 0) is 10.0 Å². The Kier molecular flexibility index (Phi) is 13.6. The highest BCUT2D eigenvalue weighted by molar-refractivity contribution is 7.99. The van der Waals surface area contributed by atoms with Gasteiger partial charge in [-0.25, -0.2) is 13.1 Å². The topological polar surface area (TPSA) is 154 Å². The average Bonchev–Trinajstić information content (AvgIpc) is 3.22. The number of hydrogen-bond acceptors (Lipinski definition) is 11. The minimum atomic E-state index is -4.50. The van der Waals surface area contributed by atoms with Gasteiger partial charge in [-0.15, -0.1) is 11.8 Å². The van der Waals surface area contributed by atoms with Crippen molar-refractivity contribution < 1.29 is 22.9 Å². The lowest BCUT2D eigenvalue weighted by Crippen LogP contribution is -2.55. The zero-order chi connectivity index (χ0) is 40.5. The molecule has 2 atom stereocenters. The molecule has 5 aromatic rings. The van der Waals surface area contributed by atoms with Crippen LogP contribution in [0.15, 0.2) is 131 Å². The Hall–Kier alpha value is -5.25.